The summed E-state index contributed by atoms with van der Waals surface area (Å²) in [5.74, 6) is 0.832. The number of benzene rings is 1. The van der Waals surface area contributed by atoms with Crippen molar-refractivity contribution in [3.8, 4) is 5.75 Å². The van der Waals surface area contributed by atoms with Gasteiger partial charge in [-0.25, -0.2) is 4.68 Å². The molecule has 2 aromatic rings. The van der Waals surface area contributed by atoms with Crippen LogP contribution >= 0.6 is 15.9 Å². The molecule has 0 atom stereocenters. The summed E-state index contributed by atoms with van der Waals surface area (Å²) in [6, 6.07) is 5.76. The van der Waals surface area contributed by atoms with E-state index >= 15 is 0 Å². The van der Waals surface area contributed by atoms with Gasteiger partial charge in [-0.1, -0.05) is 19.9 Å². The van der Waals surface area contributed by atoms with Crippen LogP contribution in [0.5, 0.6) is 5.75 Å². The summed E-state index contributed by atoms with van der Waals surface area (Å²) in [4.78, 5) is 12.4. The summed E-state index contributed by atoms with van der Waals surface area (Å²) in [6.07, 6.45) is 0. The fourth-order valence-corrected chi connectivity index (χ4v) is 3.26. The Morgan fingerprint density at radius 3 is 2.55 bits per heavy atom. The predicted molar refractivity (Wildman–Crippen MR) is 90.8 cm³/mol. The van der Waals surface area contributed by atoms with Crippen molar-refractivity contribution in [1.82, 2.24) is 9.78 Å². The second-order valence-corrected chi connectivity index (χ2v) is 6.62. The van der Waals surface area contributed by atoms with Gasteiger partial charge in [0.15, 0.2) is 6.61 Å². The van der Waals surface area contributed by atoms with Crippen LogP contribution in [0, 0.1) is 20.8 Å². The molecule has 0 unspecified atom stereocenters. The molecule has 1 heterocycles. The van der Waals surface area contributed by atoms with Gasteiger partial charge >= 0.3 is 0 Å². The van der Waals surface area contributed by atoms with Crippen LogP contribution in [0.25, 0.3) is 0 Å². The number of ether oxygens (including phenoxy) is 1. The largest absolute Gasteiger partial charge is 0.483 e. The summed E-state index contributed by atoms with van der Waals surface area (Å²) in [6.45, 7) is 10.0. The van der Waals surface area contributed by atoms with Gasteiger partial charge in [-0.3, -0.25) is 4.79 Å². The summed E-state index contributed by atoms with van der Waals surface area (Å²) in [5.41, 5.74) is 4.05. The standard InChI is InChI=1S/C17H21BrN2O2/c1-10(2)17-12(4)19-20(13(17)5)16(21)9-22-15-7-6-11(3)8-14(15)18/h6-8,10H,9H2,1-5H3. The third kappa shape index (κ3) is 3.40. The van der Waals surface area contributed by atoms with Crippen LogP contribution in [-0.2, 0) is 0 Å². The van der Waals surface area contributed by atoms with Crippen molar-refractivity contribution in [2.24, 2.45) is 0 Å². The fourth-order valence-electron chi connectivity index (χ4n) is 2.66. The monoisotopic (exact) mass is 364 g/mol. The number of rotatable bonds is 4. The van der Waals surface area contributed by atoms with Crippen molar-refractivity contribution >= 4 is 21.8 Å². The van der Waals surface area contributed by atoms with Crippen molar-refractivity contribution in [3.63, 3.8) is 0 Å². The number of aryl methyl sites for hydroxylation is 2. The van der Waals surface area contributed by atoms with E-state index in [0.29, 0.717) is 11.7 Å². The SMILES string of the molecule is Cc1ccc(OCC(=O)n2nc(C)c(C(C)C)c2C)c(Br)c1. The van der Waals surface area contributed by atoms with Crippen LogP contribution in [-0.4, -0.2) is 22.3 Å². The van der Waals surface area contributed by atoms with Gasteiger partial charge < -0.3 is 4.74 Å². The second-order valence-electron chi connectivity index (χ2n) is 5.77. The minimum Gasteiger partial charge on any atom is -0.483 e. The van der Waals surface area contributed by atoms with E-state index in [-0.39, 0.29) is 12.5 Å². The molecule has 0 saturated heterocycles. The van der Waals surface area contributed by atoms with Gasteiger partial charge in [0, 0.05) is 5.69 Å². The lowest BCUT2D eigenvalue weighted by molar-refractivity contribution is 0.0817. The van der Waals surface area contributed by atoms with Crippen molar-refractivity contribution in [1.29, 1.82) is 0 Å². The lowest BCUT2D eigenvalue weighted by Gasteiger charge is -2.09. The molecule has 4 nitrogen and oxygen atoms in total. The molecule has 0 aliphatic heterocycles. The van der Waals surface area contributed by atoms with Crippen molar-refractivity contribution in [2.45, 2.75) is 40.5 Å². The van der Waals surface area contributed by atoms with Crippen molar-refractivity contribution < 1.29 is 9.53 Å². The zero-order valence-corrected chi connectivity index (χ0v) is 15.2. The molecule has 0 spiro atoms. The Labute approximate surface area is 139 Å². The van der Waals surface area contributed by atoms with Crippen LogP contribution in [0.15, 0.2) is 22.7 Å². The Morgan fingerprint density at radius 1 is 1.32 bits per heavy atom. The number of hydrogen-bond acceptors (Lipinski definition) is 3. The number of nitrogens with zero attached hydrogens (tertiary/aromatic N) is 2. The molecule has 0 aliphatic rings. The smallest absolute Gasteiger partial charge is 0.284 e. The Balaban J connectivity index is 2.15. The number of carbonyl (C=O) groups excluding carboxylic acids is 1. The van der Waals surface area contributed by atoms with Gasteiger partial charge in [0.05, 0.1) is 10.2 Å². The second kappa shape index (κ2) is 6.65. The van der Waals surface area contributed by atoms with E-state index in [4.69, 9.17) is 4.74 Å². The molecule has 22 heavy (non-hydrogen) atoms. The average Bonchev–Trinajstić information content (AvgIpc) is 2.72. The highest BCUT2D eigenvalue weighted by Crippen LogP contribution is 2.26. The van der Waals surface area contributed by atoms with Gasteiger partial charge in [0.25, 0.3) is 5.91 Å². The summed E-state index contributed by atoms with van der Waals surface area (Å²) < 4.78 is 7.91. The van der Waals surface area contributed by atoms with E-state index in [0.717, 1.165) is 27.0 Å². The van der Waals surface area contributed by atoms with E-state index < -0.39 is 0 Å². The van der Waals surface area contributed by atoms with Crippen LogP contribution in [0.3, 0.4) is 0 Å². The lowest BCUT2D eigenvalue weighted by Crippen LogP contribution is -2.22. The molecule has 0 bridgehead atoms. The molecule has 0 saturated carbocycles. The number of halogens is 1. The molecule has 0 fully saturated rings. The minimum atomic E-state index is -0.167. The Bertz CT molecular complexity index is 705. The highest BCUT2D eigenvalue weighted by atomic mass is 79.9. The Morgan fingerprint density at radius 2 is 2.00 bits per heavy atom. The van der Waals surface area contributed by atoms with Crippen LogP contribution in [0.2, 0.25) is 0 Å². The zero-order chi connectivity index (χ0) is 16.4. The first-order valence-corrected chi connectivity index (χ1v) is 8.08. The van der Waals surface area contributed by atoms with Gasteiger partial charge in [-0.05, 0) is 65.9 Å². The van der Waals surface area contributed by atoms with E-state index in [9.17, 15) is 4.79 Å². The van der Waals surface area contributed by atoms with Crippen LogP contribution in [0.1, 0.15) is 47.1 Å². The van der Waals surface area contributed by atoms with Gasteiger partial charge in [0.2, 0.25) is 0 Å². The van der Waals surface area contributed by atoms with Crippen molar-refractivity contribution in [2.75, 3.05) is 6.61 Å². The third-order valence-electron chi connectivity index (χ3n) is 3.60. The van der Waals surface area contributed by atoms with Gasteiger partial charge in [-0.2, -0.15) is 5.10 Å². The lowest BCUT2D eigenvalue weighted by atomic mass is 10.0. The van der Waals surface area contributed by atoms with E-state index in [1.54, 1.807) is 0 Å². The maximum absolute atomic E-state index is 12.4. The number of carbonyl (C=O) groups is 1. The Kier molecular flexibility index (Phi) is 5.06. The first kappa shape index (κ1) is 16.7. The minimum absolute atomic E-state index is 0.0405. The highest BCUT2D eigenvalue weighted by molar-refractivity contribution is 9.10. The summed E-state index contributed by atoms with van der Waals surface area (Å²) in [5, 5.41) is 4.36. The first-order valence-electron chi connectivity index (χ1n) is 7.29. The fraction of sp³-hybridized carbons (Fsp3) is 0.412. The molecule has 2 rings (SSSR count). The predicted octanol–water partition coefficient (Wildman–Crippen LogP) is 4.41. The molecule has 0 aliphatic carbocycles. The van der Waals surface area contributed by atoms with Gasteiger partial charge in [0.1, 0.15) is 5.75 Å². The molecule has 1 aromatic carbocycles. The van der Waals surface area contributed by atoms with Crippen LogP contribution in [0.4, 0.5) is 0 Å². The molecule has 0 radical (unpaired) electrons. The highest BCUT2D eigenvalue weighted by Gasteiger charge is 2.19. The molecule has 5 heteroatoms. The zero-order valence-electron chi connectivity index (χ0n) is 13.6. The van der Waals surface area contributed by atoms with E-state index in [2.05, 4.69) is 34.9 Å². The van der Waals surface area contributed by atoms with Crippen LogP contribution < -0.4 is 4.74 Å². The molecule has 118 valence electrons. The summed E-state index contributed by atoms with van der Waals surface area (Å²) in [7, 11) is 0. The maximum atomic E-state index is 12.4. The molecule has 0 amide bonds. The normalized spacial score (nSPS) is 11.0. The third-order valence-corrected chi connectivity index (χ3v) is 4.22. The molecule has 0 N–H and O–H groups in total. The average molecular weight is 365 g/mol. The first-order chi connectivity index (χ1) is 10.3. The quantitative estimate of drug-likeness (QED) is 0.806. The topological polar surface area (TPSA) is 44.1 Å². The molecular weight excluding hydrogens is 344 g/mol. The summed E-state index contributed by atoms with van der Waals surface area (Å²) >= 11 is 3.44. The Hall–Kier alpha value is -1.62. The van der Waals surface area contributed by atoms with Crippen molar-refractivity contribution in [3.05, 3.63) is 45.2 Å². The van der Waals surface area contributed by atoms with E-state index in [1.165, 1.54) is 4.68 Å². The maximum Gasteiger partial charge on any atom is 0.284 e. The number of aromatic nitrogens is 2. The van der Waals surface area contributed by atoms with E-state index in [1.807, 2.05) is 39.0 Å². The number of hydrogen-bond donors (Lipinski definition) is 0. The molecular formula is C17H21BrN2O2. The molecule has 1 aromatic heterocycles. The van der Waals surface area contributed by atoms with Gasteiger partial charge in [-0.15, -0.1) is 0 Å².